The molecule has 0 aliphatic rings. The van der Waals surface area contributed by atoms with Crippen molar-refractivity contribution in [3.8, 4) is 11.5 Å². The summed E-state index contributed by atoms with van der Waals surface area (Å²) in [6, 6.07) is 17.8. The van der Waals surface area contributed by atoms with Gasteiger partial charge in [0, 0.05) is 18.3 Å². The highest BCUT2D eigenvalue weighted by Gasteiger charge is 2.06. The van der Waals surface area contributed by atoms with Crippen LogP contribution in [0.25, 0.3) is 0 Å². The highest BCUT2D eigenvalue weighted by molar-refractivity contribution is 5.64. The third-order valence-electron chi connectivity index (χ3n) is 4.16. The normalized spacial score (nSPS) is 10.4. The van der Waals surface area contributed by atoms with Crippen LogP contribution in [-0.4, -0.2) is 30.2 Å². The van der Waals surface area contributed by atoms with E-state index < -0.39 is 0 Å². The van der Waals surface area contributed by atoms with Crippen LogP contribution in [0, 0.1) is 6.92 Å². The summed E-state index contributed by atoms with van der Waals surface area (Å²) in [6.07, 6.45) is 0.872. The Morgan fingerprint density at radius 3 is 2.54 bits per heavy atom. The first kappa shape index (κ1) is 19.5. The lowest BCUT2D eigenvalue weighted by molar-refractivity contribution is 0.342. The van der Waals surface area contributed by atoms with Gasteiger partial charge in [-0.3, -0.25) is 0 Å². The van der Waals surface area contributed by atoms with Crippen LogP contribution in [-0.2, 0) is 6.42 Å². The maximum atomic E-state index is 5.67. The molecular formula is C22H26N4O2. The van der Waals surface area contributed by atoms with Gasteiger partial charge >= 0.3 is 0 Å². The molecule has 28 heavy (non-hydrogen) atoms. The molecule has 0 spiro atoms. The zero-order chi connectivity index (χ0) is 19.8. The van der Waals surface area contributed by atoms with Gasteiger partial charge in [-0.2, -0.15) is 4.98 Å². The standard InChI is InChI=1S/C22H26N4O2/c1-4-28-20-8-6-5-7-19(20)25-21-15-16(2)24-22(26-21)23-14-13-17-9-11-18(27-3)12-10-17/h5-12,15H,4,13-14H2,1-3H3,(H2,23,24,25,26). The topological polar surface area (TPSA) is 68.3 Å². The van der Waals surface area contributed by atoms with Crippen molar-refractivity contribution < 1.29 is 9.47 Å². The van der Waals surface area contributed by atoms with E-state index in [1.807, 2.05) is 56.3 Å². The summed E-state index contributed by atoms with van der Waals surface area (Å²) in [5, 5.41) is 6.63. The Morgan fingerprint density at radius 2 is 1.79 bits per heavy atom. The number of aromatic nitrogens is 2. The number of rotatable bonds is 9. The Hall–Kier alpha value is -3.28. The van der Waals surface area contributed by atoms with Gasteiger partial charge in [0.1, 0.15) is 17.3 Å². The number of para-hydroxylation sites is 2. The van der Waals surface area contributed by atoms with E-state index in [2.05, 4.69) is 32.7 Å². The van der Waals surface area contributed by atoms with E-state index in [-0.39, 0.29) is 0 Å². The van der Waals surface area contributed by atoms with E-state index in [1.54, 1.807) is 7.11 Å². The Morgan fingerprint density at radius 1 is 1.00 bits per heavy atom. The lowest BCUT2D eigenvalue weighted by Crippen LogP contribution is -2.10. The van der Waals surface area contributed by atoms with Gasteiger partial charge in [0.15, 0.2) is 0 Å². The lowest BCUT2D eigenvalue weighted by Gasteiger charge is -2.13. The molecule has 146 valence electrons. The Balaban J connectivity index is 1.64. The van der Waals surface area contributed by atoms with Crippen molar-refractivity contribution >= 4 is 17.5 Å². The summed E-state index contributed by atoms with van der Waals surface area (Å²) in [5.41, 5.74) is 3.00. The molecule has 0 aliphatic heterocycles. The van der Waals surface area contributed by atoms with Crippen molar-refractivity contribution in [2.75, 3.05) is 30.9 Å². The van der Waals surface area contributed by atoms with E-state index in [1.165, 1.54) is 5.56 Å². The molecule has 0 amide bonds. The quantitative estimate of drug-likeness (QED) is 0.568. The number of hydrogen-bond donors (Lipinski definition) is 2. The number of nitrogens with zero attached hydrogens (tertiary/aromatic N) is 2. The van der Waals surface area contributed by atoms with Crippen molar-refractivity contribution in [3.63, 3.8) is 0 Å². The molecule has 2 aromatic carbocycles. The largest absolute Gasteiger partial charge is 0.497 e. The number of ether oxygens (including phenoxy) is 2. The summed E-state index contributed by atoms with van der Waals surface area (Å²) in [6.45, 7) is 5.27. The van der Waals surface area contributed by atoms with Crippen LogP contribution < -0.4 is 20.1 Å². The van der Waals surface area contributed by atoms with Gasteiger partial charge in [0.05, 0.1) is 19.4 Å². The van der Waals surface area contributed by atoms with Crippen molar-refractivity contribution in [2.24, 2.45) is 0 Å². The predicted octanol–water partition coefficient (Wildman–Crippen LogP) is 4.59. The second kappa shape index (κ2) is 9.60. The molecule has 6 nitrogen and oxygen atoms in total. The molecule has 1 heterocycles. The molecule has 0 saturated heterocycles. The van der Waals surface area contributed by atoms with E-state index in [9.17, 15) is 0 Å². The van der Waals surface area contributed by atoms with Gasteiger partial charge in [-0.25, -0.2) is 4.98 Å². The average Bonchev–Trinajstić information content (AvgIpc) is 2.70. The molecular weight excluding hydrogens is 352 g/mol. The first-order chi connectivity index (χ1) is 13.7. The minimum absolute atomic E-state index is 0.602. The molecule has 0 fully saturated rings. The number of anilines is 3. The molecule has 0 bridgehead atoms. The summed E-state index contributed by atoms with van der Waals surface area (Å²) in [7, 11) is 1.67. The van der Waals surface area contributed by atoms with Crippen LogP contribution in [0.3, 0.4) is 0 Å². The van der Waals surface area contributed by atoms with Crippen molar-refractivity contribution in [1.29, 1.82) is 0 Å². The summed E-state index contributed by atoms with van der Waals surface area (Å²) < 4.78 is 10.9. The van der Waals surface area contributed by atoms with E-state index in [0.29, 0.717) is 12.6 Å². The molecule has 0 radical (unpaired) electrons. The SMILES string of the molecule is CCOc1ccccc1Nc1cc(C)nc(NCCc2ccc(OC)cc2)n1. The summed E-state index contributed by atoms with van der Waals surface area (Å²) >= 11 is 0. The smallest absolute Gasteiger partial charge is 0.224 e. The highest BCUT2D eigenvalue weighted by Crippen LogP contribution is 2.27. The van der Waals surface area contributed by atoms with Crippen LogP contribution >= 0.6 is 0 Å². The molecule has 3 aromatic rings. The minimum atomic E-state index is 0.602. The first-order valence-corrected chi connectivity index (χ1v) is 9.39. The van der Waals surface area contributed by atoms with Crippen molar-refractivity contribution in [2.45, 2.75) is 20.3 Å². The van der Waals surface area contributed by atoms with Gasteiger partial charge in [-0.05, 0) is 50.1 Å². The Labute approximate surface area is 166 Å². The second-order valence-corrected chi connectivity index (χ2v) is 6.30. The fraction of sp³-hybridized carbons (Fsp3) is 0.273. The van der Waals surface area contributed by atoms with E-state index in [4.69, 9.17) is 9.47 Å². The number of hydrogen-bond acceptors (Lipinski definition) is 6. The summed E-state index contributed by atoms with van der Waals surface area (Å²) in [4.78, 5) is 9.06. The number of aryl methyl sites for hydroxylation is 1. The maximum Gasteiger partial charge on any atom is 0.224 e. The molecule has 0 unspecified atom stereocenters. The molecule has 0 saturated carbocycles. The van der Waals surface area contributed by atoms with Gasteiger partial charge in [-0.15, -0.1) is 0 Å². The molecule has 0 aliphatic carbocycles. The van der Waals surface area contributed by atoms with Crippen LogP contribution in [0.1, 0.15) is 18.2 Å². The highest BCUT2D eigenvalue weighted by atomic mass is 16.5. The monoisotopic (exact) mass is 378 g/mol. The van der Waals surface area contributed by atoms with Gasteiger partial charge in [-0.1, -0.05) is 24.3 Å². The third kappa shape index (κ3) is 5.36. The van der Waals surface area contributed by atoms with Gasteiger partial charge in [0.25, 0.3) is 0 Å². The minimum Gasteiger partial charge on any atom is -0.497 e. The van der Waals surface area contributed by atoms with Crippen LogP contribution in [0.15, 0.2) is 54.6 Å². The van der Waals surface area contributed by atoms with Crippen molar-refractivity contribution in [1.82, 2.24) is 9.97 Å². The van der Waals surface area contributed by atoms with E-state index in [0.717, 1.165) is 41.7 Å². The van der Waals surface area contributed by atoms with Crippen molar-refractivity contribution in [3.05, 3.63) is 65.9 Å². The Kier molecular flexibility index (Phi) is 6.68. The molecule has 0 atom stereocenters. The molecule has 6 heteroatoms. The lowest BCUT2D eigenvalue weighted by atomic mass is 10.1. The summed E-state index contributed by atoms with van der Waals surface area (Å²) in [5.74, 6) is 2.99. The third-order valence-corrected chi connectivity index (χ3v) is 4.16. The first-order valence-electron chi connectivity index (χ1n) is 9.39. The molecule has 3 rings (SSSR count). The maximum absolute atomic E-state index is 5.67. The van der Waals surface area contributed by atoms with Gasteiger partial charge < -0.3 is 20.1 Å². The van der Waals surface area contributed by atoms with Crippen LogP contribution in [0.4, 0.5) is 17.5 Å². The number of benzene rings is 2. The zero-order valence-corrected chi connectivity index (χ0v) is 16.5. The average molecular weight is 378 g/mol. The Bertz CT molecular complexity index is 897. The van der Waals surface area contributed by atoms with E-state index >= 15 is 0 Å². The fourth-order valence-electron chi connectivity index (χ4n) is 2.81. The van der Waals surface area contributed by atoms with Crippen LogP contribution in [0.5, 0.6) is 11.5 Å². The second-order valence-electron chi connectivity index (χ2n) is 6.30. The fourth-order valence-corrected chi connectivity index (χ4v) is 2.81. The molecule has 1 aromatic heterocycles. The molecule has 2 N–H and O–H groups in total. The van der Waals surface area contributed by atoms with Gasteiger partial charge in [0.2, 0.25) is 5.95 Å². The van der Waals surface area contributed by atoms with Crippen LogP contribution in [0.2, 0.25) is 0 Å². The number of nitrogens with one attached hydrogen (secondary N) is 2. The zero-order valence-electron chi connectivity index (χ0n) is 16.5. The number of methoxy groups -OCH3 is 1. The predicted molar refractivity (Wildman–Crippen MR) is 113 cm³/mol.